The van der Waals surface area contributed by atoms with Gasteiger partial charge in [-0.25, -0.2) is 4.39 Å². The maximum absolute atomic E-state index is 14.0. The predicted molar refractivity (Wildman–Crippen MR) is 91.8 cm³/mol. The summed E-state index contributed by atoms with van der Waals surface area (Å²) in [5, 5.41) is 0. The van der Waals surface area contributed by atoms with Crippen LogP contribution in [0.4, 0.5) is 10.1 Å². The third-order valence-corrected chi connectivity index (χ3v) is 4.24. The average Bonchev–Trinajstić information content (AvgIpc) is 2.61. The molecule has 1 unspecified atom stereocenters. The van der Waals surface area contributed by atoms with Gasteiger partial charge in [0.1, 0.15) is 11.9 Å². The van der Waals surface area contributed by atoms with Crippen LogP contribution >= 0.6 is 0 Å². The number of hydrogen-bond donors (Lipinski definition) is 0. The Morgan fingerprint density at radius 2 is 1.88 bits per heavy atom. The summed E-state index contributed by atoms with van der Waals surface area (Å²) in [5.74, 6) is -0.350. The molecule has 1 amide bonds. The van der Waals surface area contributed by atoms with Crippen LogP contribution in [0.1, 0.15) is 22.0 Å². The number of amides is 1. The van der Waals surface area contributed by atoms with E-state index in [1.165, 1.54) is 6.07 Å². The first-order valence-electron chi connectivity index (χ1n) is 7.99. The number of ether oxygens (including phenoxy) is 1. The van der Waals surface area contributed by atoms with Gasteiger partial charge in [-0.2, -0.15) is 0 Å². The molecule has 0 aromatic heterocycles. The van der Waals surface area contributed by atoms with Crippen LogP contribution in [0.2, 0.25) is 0 Å². The molecule has 5 heteroatoms. The quantitative estimate of drug-likeness (QED) is 0.868. The van der Waals surface area contributed by atoms with Crippen LogP contribution in [0.5, 0.6) is 0 Å². The number of rotatable bonds is 3. The lowest BCUT2D eigenvalue weighted by Gasteiger charge is -2.33. The smallest absolute Gasteiger partial charge is 0.254 e. The minimum atomic E-state index is -0.426. The number of hydrogen-bond acceptors (Lipinski definition) is 3. The normalized spacial score (nSPS) is 17.6. The number of morpholine rings is 1. The molecular formula is C19H21FN2O2. The highest BCUT2D eigenvalue weighted by molar-refractivity contribution is 5.94. The van der Waals surface area contributed by atoms with E-state index in [1.807, 2.05) is 43.3 Å². The Labute approximate surface area is 141 Å². The van der Waals surface area contributed by atoms with Crippen LogP contribution in [0.15, 0.2) is 48.5 Å². The van der Waals surface area contributed by atoms with Gasteiger partial charge in [-0.05, 0) is 30.3 Å². The van der Waals surface area contributed by atoms with Gasteiger partial charge in [-0.3, -0.25) is 4.79 Å². The Morgan fingerprint density at radius 1 is 1.17 bits per heavy atom. The topological polar surface area (TPSA) is 32.8 Å². The molecule has 1 aliphatic rings. The van der Waals surface area contributed by atoms with E-state index in [0.717, 1.165) is 5.69 Å². The van der Waals surface area contributed by atoms with Gasteiger partial charge in [0.25, 0.3) is 5.91 Å². The second kappa shape index (κ2) is 7.01. The van der Waals surface area contributed by atoms with Crippen molar-refractivity contribution in [2.75, 3.05) is 38.7 Å². The van der Waals surface area contributed by atoms with Crippen molar-refractivity contribution in [2.45, 2.75) is 6.10 Å². The lowest BCUT2D eigenvalue weighted by atomic mass is 10.1. The maximum atomic E-state index is 14.0. The minimum Gasteiger partial charge on any atom is -0.378 e. The number of anilines is 1. The average molecular weight is 328 g/mol. The van der Waals surface area contributed by atoms with Crippen molar-refractivity contribution in [3.63, 3.8) is 0 Å². The van der Waals surface area contributed by atoms with Crippen molar-refractivity contribution in [3.8, 4) is 0 Å². The van der Waals surface area contributed by atoms with E-state index in [9.17, 15) is 9.18 Å². The van der Waals surface area contributed by atoms with E-state index < -0.39 is 6.10 Å². The maximum Gasteiger partial charge on any atom is 0.254 e. The highest BCUT2D eigenvalue weighted by Crippen LogP contribution is 2.25. The molecule has 3 rings (SSSR count). The number of benzene rings is 2. The molecule has 1 heterocycles. The molecule has 0 bridgehead atoms. The molecular weight excluding hydrogens is 307 g/mol. The second-order valence-corrected chi connectivity index (χ2v) is 6.07. The number of carbonyl (C=O) groups excluding carboxylic acids is 1. The molecule has 0 spiro atoms. The molecule has 0 radical (unpaired) electrons. The molecule has 0 saturated carbocycles. The fourth-order valence-corrected chi connectivity index (χ4v) is 2.84. The van der Waals surface area contributed by atoms with Gasteiger partial charge in [0.05, 0.1) is 13.2 Å². The van der Waals surface area contributed by atoms with Crippen molar-refractivity contribution in [1.82, 2.24) is 4.90 Å². The molecule has 126 valence electrons. The summed E-state index contributed by atoms with van der Waals surface area (Å²) in [6, 6.07) is 14.0. The largest absolute Gasteiger partial charge is 0.378 e. The fourth-order valence-electron chi connectivity index (χ4n) is 2.84. The highest BCUT2D eigenvalue weighted by atomic mass is 19.1. The van der Waals surface area contributed by atoms with E-state index >= 15 is 0 Å². The van der Waals surface area contributed by atoms with E-state index in [-0.39, 0.29) is 11.7 Å². The fraction of sp³-hybridized carbons (Fsp3) is 0.316. The third kappa shape index (κ3) is 3.41. The summed E-state index contributed by atoms with van der Waals surface area (Å²) < 4.78 is 19.6. The number of carbonyl (C=O) groups is 1. The Hall–Kier alpha value is -2.40. The van der Waals surface area contributed by atoms with Gasteiger partial charge in [-0.15, -0.1) is 0 Å². The zero-order valence-electron chi connectivity index (χ0n) is 13.9. The minimum absolute atomic E-state index is 0.0510. The van der Waals surface area contributed by atoms with Crippen LogP contribution in [0, 0.1) is 5.82 Å². The standard InChI is InChI=1S/C19H21FN2O2/c1-21(2)15-9-7-14(8-10-15)19(23)22-11-12-24-18(13-22)16-5-3-4-6-17(16)20/h3-10,18H,11-13H2,1-2H3. The Morgan fingerprint density at radius 3 is 2.54 bits per heavy atom. The molecule has 1 atom stereocenters. The second-order valence-electron chi connectivity index (χ2n) is 6.07. The molecule has 0 N–H and O–H groups in total. The van der Waals surface area contributed by atoms with Crippen LogP contribution in [0.25, 0.3) is 0 Å². The summed E-state index contributed by atoms with van der Waals surface area (Å²) in [6.45, 7) is 1.27. The Kier molecular flexibility index (Phi) is 4.81. The molecule has 0 aliphatic carbocycles. The van der Waals surface area contributed by atoms with Crippen LogP contribution in [0.3, 0.4) is 0 Å². The predicted octanol–water partition coefficient (Wildman–Crippen LogP) is 3.11. The number of nitrogens with zero attached hydrogens (tertiary/aromatic N) is 2. The van der Waals surface area contributed by atoms with Crippen LogP contribution < -0.4 is 4.90 Å². The van der Waals surface area contributed by atoms with E-state index in [1.54, 1.807) is 23.1 Å². The molecule has 1 fully saturated rings. The van der Waals surface area contributed by atoms with Gasteiger partial charge in [0.2, 0.25) is 0 Å². The van der Waals surface area contributed by atoms with Crippen molar-refractivity contribution < 1.29 is 13.9 Å². The molecule has 2 aromatic carbocycles. The summed E-state index contributed by atoms with van der Waals surface area (Å²) in [6.07, 6.45) is -0.426. The first-order valence-corrected chi connectivity index (χ1v) is 7.99. The van der Waals surface area contributed by atoms with Crippen LogP contribution in [-0.4, -0.2) is 44.6 Å². The first kappa shape index (κ1) is 16.5. The summed E-state index contributed by atoms with van der Waals surface area (Å²) in [4.78, 5) is 16.4. The lowest BCUT2D eigenvalue weighted by Crippen LogP contribution is -2.42. The Balaban J connectivity index is 1.74. The highest BCUT2D eigenvalue weighted by Gasteiger charge is 2.27. The SMILES string of the molecule is CN(C)c1ccc(C(=O)N2CCOC(c3ccccc3F)C2)cc1. The van der Waals surface area contributed by atoms with Crippen molar-refractivity contribution in [1.29, 1.82) is 0 Å². The molecule has 4 nitrogen and oxygen atoms in total. The van der Waals surface area contributed by atoms with Gasteiger partial charge in [0, 0.05) is 37.5 Å². The van der Waals surface area contributed by atoms with Gasteiger partial charge >= 0.3 is 0 Å². The van der Waals surface area contributed by atoms with Crippen LogP contribution in [-0.2, 0) is 4.74 Å². The lowest BCUT2D eigenvalue weighted by molar-refractivity contribution is -0.0243. The monoisotopic (exact) mass is 328 g/mol. The Bertz CT molecular complexity index is 716. The van der Waals surface area contributed by atoms with E-state index in [2.05, 4.69) is 0 Å². The molecule has 1 saturated heterocycles. The summed E-state index contributed by atoms with van der Waals surface area (Å²) in [7, 11) is 3.91. The zero-order chi connectivity index (χ0) is 17.1. The summed E-state index contributed by atoms with van der Waals surface area (Å²) in [5.41, 5.74) is 2.17. The van der Waals surface area contributed by atoms with Gasteiger partial charge < -0.3 is 14.5 Å². The zero-order valence-corrected chi connectivity index (χ0v) is 13.9. The molecule has 24 heavy (non-hydrogen) atoms. The van der Waals surface area contributed by atoms with Crippen molar-refractivity contribution in [2.24, 2.45) is 0 Å². The molecule has 1 aliphatic heterocycles. The summed E-state index contributed by atoms with van der Waals surface area (Å²) >= 11 is 0. The van der Waals surface area contributed by atoms with Gasteiger partial charge in [-0.1, -0.05) is 18.2 Å². The van der Waals surface area contributed by atoms with E-state index in [0.29, 0.717) is 30.8 Å². The molecule has 2 aromatic rings. The van der Waals surface area contributed by atoms with Gasteiger partial charge in [0.15, 0.2) is 0 Å². The van der Waals surface area contributed by atoms with Crippen molar-refractivity contribution in [3.05, 3.63) is 65.5 Å². The van der Waals surface area contributed by atoms with Crippen molar-refractivity contribution >= 4 is 11.6 Å². The number of halogens is 1. The van der Waals surface area contributed by atoms with E-state index in [4.69, 9.17) is 4.74 Å². The third-order valence-electron chi connectivity index (χ3n) is 4.24. The first-order chi connectivity index (χ1) is 11.6.